The summed E-state index contributed by atoms with van der Waals surface area (Å²) in [5.74, 6) is 0. The molecule has 336 valence electrons. The molecule has 14 aromatic rings. The second-order valence-electron chi connectivity index (χ2n) is 18.8. The molecular weight excluding hydrogens is 869 g/mol. The van der Waals surface area contributed by atoms with E-state index in [0.717, 1.165) is 39.4 Å². The Labute approximate surface area is 418 Å². The van der Waals surface area contributed by atoms with Gasteiger partial charge in [0.15, 0.2) is 0 Å². The van der Waals surface area contributed by atoms with Gasteiger partial charge in [-0.05, 0) is 149 Å². The Balaban J connectivity index is 0.970. The van der Waals surface area contributed by atoms with Gasteiger partial charge in [0, 0.05) is 33.2 Å². The first kappa shape index (κ1) is 41.5. The van der Waals surface area contributed by atoms with E-state index in [1.165, 1.54) is 92.7 Å². The van der Waals surface area contributed by atoms with Crippen molar-refractivity contribution in [1.82, 2.24) is 4.57 Å². The second-order valence-corrected chi connectivity index (χ2v) is 18.8. The predicted octanol–water partition coefficient (Wildman–Crippen LogP) is 19.5. The standard InChI is InChI=1S/C70H46N2/c1-4-20-47(21-5-1)69-63-36-15-13-33-59(63)60-40-38-51(45-65(60)70(69)48-22-6-2-7-23-48)49-25-18-29-55(42-49)71(68-46-53-24-10-11-31-57(53)58-32-12-14-34-61(58)68)56-30-19-26-50(43-56)52-39-41-67-64(44-52)62-35-16-17-37-66(62)72(67)54-27-8-3-9-28-54/h1-46H. The van der Waals surface area contributed by atoms with Crippen LogP contribution in [0.5, 0.6) is 0 Å². The van der Waals surface area contributed by atoms with E-state index in [0.29, 0.717) is 0 Å². The summed E-state index contributed by atoms with van der Waals surface area (Å²) in [6.07, 6.45) is 0. The summed E-state index contributed by atoms with van der Waals surface area (Å²) in [5, 5.41) is 12.3. The van der Waals surface area contributed by atoms with E-state index in [-0.39, 0.29) is 0 Å². The lowest BCUT2D eigenvalue weighted by Gasteiger charge is -2.28. The molecule has 0 aliphatic carbocycles. The highest BCUT2D eigenvalue weighted by Crippen LogP contribution is 2.48. The van der Waals surface area contributed by atoms with Gasteiger partial charge in [0.2, 0.25) is 0 Å². The van der Waals surface area contributed by atoms with Gasteiger partial charge in [-0.3, -0.25) is 0 Å². The molecule has 2 heteroatoms. The second kappa shape index (κ2) is 17.2. The van der Waals surface area contributed by atoms with Gasteiger partial charge in [-0.25, -0.2) is 0 Å². The molecule has 0 saturated carbocycles. The molecule has 14 rings (SSSR count). The lowest BCUT2D eigenvalue weighted by atomic mass is 9.84. The van der Waals surface area contributed by atoms with Crippen LogP contribution in [-0.4, -0.2) is 4.57 Å². The number of aromatic nitrogens is 1. The van der Waals surface area contributed by atoms with Crippen molar-refractivity contribution in [1.29, 1.82) is 0 Å². The summed E-state index contributed by atoms with van der Waals surface area (Å²) in [5.41, 5.74) is 16.4. The molecule has 0 saturated heterocycles. The van der Waals surface area contributed by atoms with Gasteiger partial charge in [0.05, 0.1) is 16.7 Å². The van der Waals surface area contributed by atoms with Gasteiger partial charge >= 0.3 is 0 Å². The Morgan fingerprint density at radius 3 is 1.35 bits per heavy atom. The van der Waals surface area contributed by atoms with Crippen LogP contribution in [0.4, 0.5) is 17.1 Å². The van der Waals surface area contributed by atoms with Crippen molar-refractivity contribution in [2.45, 2.75) is 0 Å². The van der Waals surface area contributed by atoms with Crippen molar-refractivity contribution >= 4 is 82.0 Å². The summed E-state index contributed by atoms with van der Waals surface area (Å²) >= 11 is 0. The third-order valence-electron chi connectivity index (χ3n) is 14.7. The van der Waals surface area contributed by atoms with Gasteiger partial charge < -0.3 is 9.47 Å². The average Bonchev–Trinajstić information content (AvgIpc) is 3.79. The highest BCUT2D eigenvalue weighted by molar-refractivity contribution is 6.22. The van der Waals surface area contributed by atoms with Crippen molar-refractivity contribution in [3.63, 3.8) is 0 Å². The molecule has 72 heavy (non-hydrogen) atoms. The van der Waals surface area contributed by atoms with E-state index in [4.69, 9.17) is 0 Å². The number of rotatable bonds is 8. The summed E-state index contributed by atoms with van der Waals surface area (Å²) in [6, 6.07) is 102. The summed E-state index contributed by atoms with van der Waals surface area (Å²) in [6.45, 7) is 0. The monoisotopic (exact) mass is 914 g/mol. The molecule has 0 atom stereocenters. The van der Waals surface area contributed by atoms with Crippen LogP contribution < -0.4 is 4.90 Å². The maximum absolute atomic E-state index is 2.47. The largest absolute Gasteiger partial charge is 0.310 e. The molecule has 0 spiro atoms. The van der Waals surface area contributed by atoms with Gasteiger partial charge in [0.25, 0.3) is 0 Å². The molecule has 0 amide bonds. The molecule has 2 nitrogen and oxygen atoms in total. The molecule has 0 unspecified atom stereocenters. The third-order valence-corrected chi connectivity index (χ3v) is 14.7. The lowest BCUT2D eigenvalue weighted by Crippen LogP contribution is -2.11. The van der Waals surface area contributed by atoms with E-state index in [1.54, 1.807) is 0 Å². The van der Waals surface area contributed by atoms with Crippen LogP contribution in [0.3, 0.4) is 0 Å². The molecule has 0 N–H and O–H groups in total. The maximum Gasteiger partial charge on any atom is 0.0546 e. The number of hydrogen-bond acceptors (Lipinski definition) is 1. The van der Waals surface area contributed by atoms with E-state index < -0.39 is 0 Å². The Morgan fingerprint density at radius 2 is 0.681 bits per heavy atom. The summed E-state index contributed by atoms with van der Waals surface area (Å²) in [7, 11) is 0. The molecule has 0 radical (unpaired) electrons. The fourth-order valence-electron chi connectivity index (χ4n) is 11.5. The Kier molecular flexibility index (Phi) is 9.89. The molecule has 0 bridgehead atoms. The van der Waals surface area contributed by atoms with Crippen molar-refractivity contribution in [3.05, 3.63) is 279 Å². The van der Waals surface area contributed by atoms with Crippen LogP contribution in [0, 0.1) is 0 Å². The average molecular weight is 915 g/mol. The molecule has 0 aliphatic rings. The number of hydrogen-bond donors (Lipinski definition) is 0. The van der Waals surface area contributed by atoms with Gasteiger partial charge in [-0.1, -0.05) is 212 Å². The predicted molar refractivity (Wildman–Crippen MR) is 307 cm³/mol. The minimum Gasteiger partial charge on any atom is -0.310 e. The van der Waals surface area contributed by atoms with Crippen LogP contribution >= 0.6 is 0 Å². The van der Waals surface area contributed by atoms with Crippen molar-refractivity contribution in [3.8, 4) is 50.2 Å². The zero-order chi connectivity index (χ0) is 47.5. The Hall–Kier alpha value is -9.50. The maximum atomic E-state index is 2.47. The minimum absolute atomic E-state index is 1.08. The molecule has 0 aliphatic heterocycles. The third kappa shape index (κ3) is 6.88. The number of para-hydroxylation sites is 2. The topological polar surface area (TPSA) is 8.17 Å². The van der Waals surface area contributed by atoms with E-state index >= 15 is 0 Å². The van der Waals surface area contributed by atoms with Crippen molar-refractivity contribution in [2.75, 3.05) is 4.90 Å². The number of nitrogens with zero attached hydrogens (tertiary/aromatic N) is 2. The van der Waals surface area contributed by atoms with Crippen molar-refractivity contribution < 1.29 is 0 Å². The van der Waals surface area contributed by atoms with Crippen LogP contribution in [0.15, 0.2) is 279 Å². The first-order valence-corrected chi connectivity index (χ1v) is 24.8. The smallest absolute Gasteiger partial charge is 0.0546 e. The van der Waals surface area contributed by atoms with Gasteiger partial charge in [-0.15, -0.1) is 0 Å². The fraction of sp³-hybridized carbons (Fsp3) is 0. The number of anilines is 3. The lowest BCUT2D eigenvalue weighted by molar-refractivity contribution is 1.18. The molecular formula is C70H46N2. The van der Waals surface area contributed by atoms with Crippen LogP contribution in [0.1, 0.15) is 0 Å². The zero-order valence-electron chi connectivity index (χ0n) is 39.5. The summed E-state index contributed by atoms with van der Waals surface area (Å²) < 4.78 is 2.38. The SMILES string of the molecule is c1ccc(-c2c(-c3ccccc3)c3cc(-c4cccc(N(c5cccc(-c6ccc7c(c6)c6ccccc6n7-c6ccccc6)c5)c5cc6ccccc6c6ccccc56)c4)ccc3c3ccccc23)cc1. The van der Waals surface area contributed by atoms with E-state index in [9.17, 15) is 0 Å². The van der Waals surface area contributed by atoms with Crippen LogP contribution in [0.2, 0.25) is 0 Å². The number of fused-ring (bicyclic) bond motifs is 9. The normalized spacial score (nSPS) is 11.6. The quantitative estimate of drug-likeness (QED) is 0.138. The zero-order valence-corrected chi connectivity index (χ0v) is 39.5. The first-order valence-electron chi connectivity index (χ1n) is 24.8. The molecule has 1 aromatic heterocycles. The van der Waals surface area contributed by atoms with Gasteiger partial charge in [0.1, 0.15) is 0 Å². The highest BCUT2D eigenvalue weighted by atomic mass is 15.1. The van der Waals surface area contributed by atoms with E-state index in [1.807, 2.05) is 0 Å². The molecule has 0 fully saturated rings. The number of benzene rings is 13. The Morgan fingerprint density at radius 1 is 0.236 bits per heavy atom. The molecule has 1 heterocycles. The highest BCUT2D eigenvalue weighted by Gasteiger charge is 2.22. The van der Waals surface area contributed by atoms with Crippen molar-refractivity contribution in [2.24, 2.45) is 0 Å². The minimum atomic E-state index is 1.08. The molecule has 13 aromatic carbocycles. The van der Waals surface area contributed by atoms with Gasteiger partial charge in [-0.2, -0.15) is 0 Å². The Bertz CT molecular complexity index is 4380. The van der Waals surface area contributed by atoms with E-state index in [2.05, 4.69) is 289 Å². The first-order chi connectivity index (χ1) is 35.7. The van der Waals surface area contributed by atoms with Crippen LogP contribution in [0.25, 0.3) is 115 Å². The van der Waals surface area contributed by atoms with Crippen LogP contribution in [-0.2, 0) is 0 Å². The summed E-state index contributed by atoms with van der Waals surface area (Å²) in [4.78, 5) is 2.47. The fourth-order valence-corrected chi connectivity index (χ4v) is 11.5.